The molecule has 0 aliphatic rings. The maximum atomic E-state index is 7.04. The molecule has 0 atom stereocenters. The Bertz CT molecular complexity index is 1580. The van der Waals surface area contributed by atoms with Crippen molar-refractivity contribution in [3.05, 3.63) is 119 Å². The molecule has 0 aromatic heterocycles. The number of hydrogen-bond acceptors (Lipinski definition) is 2. The lowest BCUT2D eigenvalue weighted by atomic mass is 10.1. The molecule has 0 heterocycles. The van der Waals surface area contributed by atoms with Crippen LogP contribution in [0.25, 0.3) is 0 Å². The first-order valence-electron chi connectivity index (χ1n) is 25.8. The van der Waals surface area contributed by atoms with Crippen molar-refractivity contribution in [3.63, 3.8) is 0 Å². The van der Waals surface area contributed by atoms with Gasteiger partial charge in [0, 0.05) is 35.8 Å². The molecule has 2 nitrogen and oxygen atoms in total. The molecule has 0 saturated heterocycles. The van der Waals surface area contributed by atoms with Crippen molar-refractivity contribution in [1.82, 2.24) is 0 Å². The fourth-order valence-corrected chi connectivity index (χ4v) is 16.3. The van der Waals surface area contributed by atoms with Crippen LogP contribution in [0, 0.1) is 0 Å². The van der Waals surface area contributed by atoms with Crippen LogP contribution in [0.2, 0.25) is 38.3 Å². The summed E-state index contributed by atoms with van der Waals surface area (Å²) in [5, 5.41) is 4.76. The Morgan fingerprint density at radius 3 is 0.849 bits per heavy atom. The first kappa shape index (κ1) is 81.3. The van der Waals surface area contributed by atoms with Crippen molar-refractivity contribution in [2.75, 3.05) is 27.4 Å². The molecule has 0 aliphatic heterocycles. The van der Waals surface area contributed by atoms with Crippen LogP contribution in [-0.4, -0.2) is 64.0 Å². The smallest absolute Gasteiger partial charge is 0.310 e. The Morgan fingerprint density at radius 1 is 0.356 bits per heavy atom. The first-order valence-corrected chi connectivity index (χ1v) is 42.2. The quantitative estimate of drug-likeness (QED) is 0.0321. The highest BCUT2D eigenvalue weighted by molar-refractivity contribution is 7.56. The summed E-state index contributed by atoms with van der Waals surface area (Å²) in [5.74, 6) is 0. The van der Waals surface area contributed by atoms with Gasteiger partial charge in [-0.2, -0.15) is 22.2 Å². The van der Waals surface area contributed by atoms with Gasteiger partial charge >= 0.3 is 6.69 Å². The molecule has 0 spiro atoms. The number of hydrogen-bond donors (Lipinski definition) is 0. The van der Waals surface area contributed by atoms with Gasteiger partial charge in [-0.05, 0) is 132 Å². The third-order valence-corrected chi connectivity index (χ3v) is 25.3. The van der Waals surface area contributed by atoms with E-state index in [0.29, 0.717) is 0 Å². The summed E-state index contributed by atoms with van der Waals surface area (Å²) in [6.07, 6.45) is 21.6. The summed E-state index contributed by atoms with van der Waals surface area (Å²) >= 11 is 38.6. The molecule has 419 valence electrons. The number of halogens is 6. The Balaban J connectivity index is -0.000000291. The maximum absolute atomic E-state index is 7.04. The minimum atomic E-state index is -2.62. The lowest BCUT2D eigenvalue weighted by molar-refractivity contribution is 0.192. The summed E-state index contributed by atoms with van der Waals surface area (Å²) in [4.78, 5) is 0. The van der Waals surface area contributed by atoms with Crippen LogP contribution in [0.3, 0.4) is 0 Å². The Hall–Kier alpha value is -0.528. The molecular weight excluding hydrogens is 1090 g/mol. The van der Waals surface area contributed by atoms with E-state index in [-0.39, 0.29) is 38.1 Å². The zero-order chi connectivity index (χ0) is 50.9. The molecule has 0 N–H and O–H groups in total. The van der Waals surface area contributed by atoms with Crippen molar-refractivity contribution in [1.29, 1.82) is 0 Å². The van der Waals surface area contributed by atoms with Crippen molar-refractivity contribution in [2.45, 2.75) is 211 Å². The van der Waals surface area contributed by atoms with Crippen molar-refractivity contribution < 1.29 is 9.47 Å². The van der Waals surface area contributed by atoms with Crippen LogP contribution in [0.4, 0.5) is 0 Å². The largest absolute Gasteiger partial charge is 0.385 e. The molecule has 0 unspecified atom stereocenters. The highest BCUT2D eigenvalue weighted by Crippen LogP contribution is 2.23. The van der Waals surface area contributed by atoms with E-state index in [1.54, 1.807) is 14.2 Å². The van der Waals surface area contributed by atoms with E-state index in [9.17, 15) is 0 Å². The van der Waals surface area contributed by atoms with Gasteiger partial charge in [0.25, 0.3) is 0 Å². The van der Waals surface area contributed by atoms with E-state index in [1.165, 1.54) is 129 Å². The zero-order valence-electron chi connectivity index (χ0n) is 44.5. The van der Waals surface area contributed by atoms with Crippen LogP contribution in [0.15, 0.2) is 97.1 Å². The van der Waals surface area contributed by atoms with Crippen molar-refractivity contribution in [2.24, 2.45) is 0 Å². The number of benzene rings is 4. The third kappa shape index (κ3) is 37.8. The Kier molecular flexibility index (Phi) is 51.7. The zero-order valence-corrected chi connectivity index (χ0v) is 53.0. The summed E-state index contributed by atoms with van der Waals surface area (Å²) in [7, 11) is 0.0967. The first-order chi connectivity index (χ1) is 32.3. The van der Waals surface area contributed by atoms with E-state index in [4.69, 9.17) is 75.9 Å². The molecule has 13 heteroatoms. The van der Waals surface area contributed by atoms with Crippen LogP contribution < -0.4 is 20.7 Å². The molecule has 0 aliphatic carbocycles. The summed E-state index contributed by atoms with van der Waals surface area (Å²) in [6, 6.07) is 37.4. The number of aryl methyl sites for hydroxylation is 4. The van der Waals surface area contributed by atoms with Gasteiger partial charge in [-0.1, -0.05) is 219 Å². The second-order valence-corrected chi connectivity index (χ2v) is 46.1. The summed E-state index contributed by atoms with van der Waals surface area (Å²) < 4.78 is 9.87. The number of methoxy groups -OCH3 is 2. The van der Waals surface area contributed by atoms with Crippen LogP contribution in [-0.2, 0) is 35.2 Å². The van der Waals surface area contributed by atoms with Crippen LogP contribution >= 0.6 is 66.5 Å². The van der Waals surface area contributed by atoms with Gasteiger partial charge in [-0.15, -0.1) is 44.3 Å². The van der Waals surface area contributed by atoms with Gasteiger partial charge in [0.05, 0.1) is 0 Å². The fraction of sp³-hybridized carbons (Fsp3) is 0.600. The monoisotopic (exact) mass is 1190 g/mol. The lowest BCUT2D eigenvalue weighted by Crippen LogP contribution is -2.50. The molecule has 0 bridgehead atoms. The van der Waals surface area contributed by atoms with Crippen LogP contribution in [0.5, 0.6) is 0 Å². The number of rotatable bonds is 28. The van der Waals surface area contributed by atoms with E-state index < -0.39 is 28.2 Å². The minimum absolute atomic E-state index is 0. The molecule has 0 saturated carbocycles. The molecular formula is C60H106BCl6O2Si4. The summed E-state index contributed by atoms with van der Waals surface area (Å²) in [5.41, 5.74) is 5.58. The highest BCUT2D eigenvalue weighted by atomic mass is 35.7. The predicted octanol–water partition coefficient (Wildman–Crippen LogP) is 19.5. The topological polar surface area (TPSA) is 18.5 Å². The molecule has 0 fully saturated rings. The standard InChI is InChI=1S/C21H29ClSi.C20H26Cl2Si.C8H19ClOSi.C7H16Cl2OSi.4CH4.B/c1-4-6-8-18-10-14-20(15-11-18)23(3,22)21-16-12-19(13-17-21)9-7-5-2;1-3-5-7-17-9-13-19(14-10-17)23(21,22)20-15-11-18(12-16-20)8-6-4-2;1-10-7-5-4-6-8-11(2,3)9;1-10-6-4-3-5-7-11(2,8)9;;;;;/h10-17H,4-9H2,1-3H3;9-16H,3-8H2,1-2H3;4-8H2,1-3H3;3-7H2,1-2H3;4*1H4;. The number of ether oxygens (including phenoxy) is 2. The van der Waals surface area contributed by atoms with Gasteiger partial charge < -0.3 is 9.47 Å². The van der Waals surface area contributed by atoms with E-state index in [1.807, 2.05) is 6.55 Å². The SMILES string of the molecule is C.C.C.C.CCCCc1ccc([Si](C)(Cl)c2ccc(CCCC)cc2)cc1.CCCCc1ccc([Si](Cl)(Cl)c2ccc(CCCC)cc2)cc1.COCCCCC[Si](C)(C)Cl.COCCCCC[Si](C)(Cl)Cl.[B]. The van der Waals surface area contributed by atoms with Gasteiger partial charge in [0.2, 0.25) is 14.1 Å². The second-order valence-electron chi connectivity index (χ2n) is 19.2. The highest BCUT2D eigenvalue weighted by Gasteiger charge is 2.33. The second kappa shape index (κ2) is 46.4. The van der Waals surface area contributed by atoms with E-state index >= 15 is 0 Å². The molecule has 4 rings (SSSR count). The normalized spacial score (nSPS) is 11.0. The predicted molar refractivity (Wildman–Crippen MR) is 354 cm³/mol. The molecule has 4 aromatic rings. The molecule has 0 amide bonds. The Labute approximate surface area is 487 Å². The van der Waals surface area contributed by atoms with Crippen molar-refractivity contribution >= 4 is 124 Å². The van der Waals surface area contributed by atoms with Gasteiger partial charge in [-0.25, -0.2) is 0 Å². The molecule has 4 aromatic carbocycles. The molecule has 3 radical (unpaired) electrons. The van der Waals surface area contributed by atoms with Gasteiger partial charge in [-0.3, -0.25) is 0 Å². The van der Waals surface area contributed by atoms with E-state index in [0.717, 1.165) is 55.3 Å². The lowest BCUT2D eigenvalue weighted by Gasteiger charge is -2.21. The maximum Gasteiger partial charge on any atom is 0.310 e. The average molecular weight is 1200 g/mol. The number of unbranched alkanes of at least 4 members (excludes halogenated alkanes) is 8. The van der Waals surface area contributed by atoms with Crippen molar-refractivity contribution in [3.8, 4) is 0 Å². The minimum Gasteiger partial charge on any atom is -0.385 e. The fourth-order valence-electron chi connectivity index (χ4n) is 7.41. The van der Waals surface area contributed by atoms with E-state index in [2.05, 4.69) is 144 Å². The third-order valence-electron chi connectivity index (χ3n) is 12.0. The van der Waals surface area contributed by atoms with Crippen LogP contribution in [0.1, 0.15) is 170 Å². The van der Waals surface area contributed by atoms with Gasteiger partial charge in [0.15, 0.2) is 0 Å². The summed E-state index contributed by atoms with van der Waals surface area (Å²) in [6.45, 7) is 14.8. The van der Waals surface area contributed by atoms with Gasteiger partial charge in [0.1, 0.15) is 7.38 Å². The Morgan fingerprint density at radius 2 is 0.616 bits per heavy atom. The molecule has 73 heavy (non-hydrogen) atoms. The average Bonchev–Trinajstić information content (AvgIpc) is 3.31.